The van der Waals surface area contributed by atoms with E-state index in [4.69, 9.17) is 0 Å². The van der Waals surface area contributed by atoms with Gasteiger partial charge in [-0.3, -0.25) is 4.79 Å². The van der Waals surface area contributed by atoms with Gasteiger partial charge < -0.3 is 4.90 Å². The minimum atomic E-state index is -3.12. The van der Waals surface area contributed by atoms with Crippen LogP contribution >= 0.6 is 0 Å². The average molecular weight is 274 g/mol. The van der Waals surface area contributed by atoms with E-state index in [0.29, 0.717) is 26.1 Å². The van der Waals surface area contributed by atoms with Crippen molar-refractivity contribution in [3.63, 3.8) is 0 Å². The summed E-state index contributed by atoms with van der Waals surface area (Å²) in [5.41, 5.74) is 0. The van der Waals surface area contributed by atoms with E-state index in [0.717, 1.165) is 25.7 Å². The summed E-state index contributed by atoms with van der Waals surface area (Å²) in [6.07, 6.45) is 4.11. The van der Waals surface area contributed by atoms with Gasteiger partial charge in [0.2, 0.25) is 15.9 Å². The molecule has 0 radical (unpaired) electrons. The fourth-order valence-corrected chi connectivity index (χ4v) is 4.34. The van der Waals surface area contributed by atoms with Crippen molar-refractivity contribution in [2.24, 2.45) is 0 Å². The summed E-state index contributed by atoms with van der Waals surface area (Å²) in [5, 5.41) is 0. The molecule has 0 aromatic carbocycles. The van der Waals surface area contributed by atoms with Gasteiger partial charge in [0.25, 0.3) is 0 Å². The molecular weight excluding hydrogens is 252 g/mol. The van der Waals surface area contributed by atoms with E-state index in [1.54, 1.807) is 4.31 Å². The maximum absolute atomic E-state index is 12.2. The minimum Gasteiger partial charge on any atom is -0.337 e. The second kappa shape index (κ2) is 5.57. The normalized spacial score (nSPS) is 25.5. The summed E-state index contributed by atoms with van der Waals surface area (Å²) in [7, 11) is -3.12. The molecule has 0 aliphatic carbocycles. The highest BCUT2D eigenvalue weighted by atomic mass is 32.2. The third-order valence-electron chi connectivity index (χ3n) is 3.86. The first-order valence-corrected chi connectivity index (χ1v) is 8.43. The zero-order valence-corrected chi connectivity index (χ0v) is 11.8. The predicted molar refractivity (Wildman–Crippen MR) is 69.6 cm³/mol. The molecule has 2 aliphatic rings. The van der Waals surface area contributed by atoms with E-state index in [1.165, 1.54) is 0 Å². The Labute approximate surface area is 109 Å². The number of fused-ring (bicyclic) bond motifs is 1. The minimum absolute atomic E-state index is 0.118. The van der Waals surface area contributed by atoms with Gasteiger partial charge in [0, 0.05) is 32.1 Å². The second-order valence-corrected chi connectivity index (χ2v) is 7.25. The lowest BCUT2D eigenvalue weighted by molar-refractivity contribution is -0.130. The summed E-state index contributed by atoms with van der Waals surface area (Å²) in [4.78, 5) is 13.4. The van der Waals surface area contributed by atoms with Crippen LogP contribution in [0, 0.1) is 0 Å². The van der Waals surface area contributed by atoms with Crippen molar-refractivity contribution in [1.82, 2.24) is 9.21 Å². The first-order valence-electron chi connectivity index (χ1n) is 6.82. The van der Waals surface area contributed by atoms with E-state index in [1.807, 2.05) is 4.90 Å². The first kappa shape index (κ1) is 13.8. The second-order valence-electron chi connectivity index (χ2n) is 5.16. The van der Waals surface area contributed by atoms with Crippen LogP contribution in [0.5, 0.6) is 0 Å². The topological polar surface area (TPSA) is 57.7 Å². The summed E-state index contributed by atoms with van der Waals surface area (Å²) in [6.45, 7) is 3.60. The number of carbonyl (C=O) groups is 1. The molecule has 1 atom stereocenters. The highest BCUT2D eigenvalue weighted by Crippen LogP contribution is 2.24. The van der Waals surface area contributed by atoms with Crippen molar-refractivity contribution in [3.8, 4) is 0 Å². The van der Waals surface area contributed by atoms with Crippen LogP contribution in [0.1, 0.15) is 39.0 Å². The Morgan fingerprint density at radius 2 is 2.06 bits per heavy atom. The van der Waals surface area contributed by atoms with Crippen LogP contribution in [0.15, 0.2) is 0 Å². The molecule has 1 amide bonds. The molecule has 0 bridgehead atoms. The molecule has 0 spiro atoms. The largest absolute Gasteiger partial charge is 0.337 e. The molecule has 2 fully saturated rings. The van der Waals surface area contributed by atoms with Gasteiger partial charge in [0.05, 0.1) is 5.75 Å². The predicted octanol–water partition coefficient (Wildman–Crippen LogP) is 0.813. The van der Waals surface area contributed by atoms with Gasteiger partial charge in [-0.05, 0) is 12.8 Å². The van der Waals surface area contributed by atoms with Gasteiger partial charge in [-0.15, -0.1) is 0 Å². The molecule has 2 heterocycles. The van der Waals surface area contributed by atoms with Gasteiger partial charge in [-0.2, -0.15) is 4.31 Å². The number of piperazine rings is 1. The first-order chi connectivity index (χ1) is 8.54. The average Bonchev–Trinajstić information content (AvgIpc) is 2.71. The van der Waals surface area contributed by atoms with Crippen molar-refractivity contribution >= 4 is 15.9 Å². The fraction of sp³-hybridized carbons (Fsp3) is 0.917. The number of sulfonamides is 1. The maximum Gasteiger partial charge on any atom is 0.222 e. The number of unbranched alkanes of at least 4 members (excludes halogenated alkanes) is 2. The summed E-state index contributed by atoms with van der Waals surface area (Å²) in [6, 6.07) is 0.118. The number of amides is 1. The molecule has 2 rings (SSSR count). The van der Waals surface area contributed by atoms with Crippen LogP contribution in [-0.2, 0) is 14.8 Å². The van der Waals surface area contributed by atoms with Crippen molar-refractivity contribution < 1.29 is 13.2 Å². The Balaban J connectivity index is 1.93. The number of hydrogen-bond donors (Lipinski definition) is 0. The van der Waals surface area contributed by atoms with Gasteiger partial charge in [-0.25, -0.2) is 8.42 Å². The Morgan fingerprint density at radius 1 is 1.28 bits per heavy atom. The van der Waals surface area contributed by atoms with Crippen LogP contribution in [0.4, 0.5) is 0 Å². The number of rotatable bonds is 5. The smallest absolute Gasteiger partial charge is 0.222 e. The van der Waals surface area contributed by atoms with Gasteiger partial charge >= 0.3 is 0 Å². The monoisotopic (exact) mass is 274 g/mol. The third kappa shape index (κ3) is 2.85. The molecule has 6 heteroatoms. The fourth-order valence-electron chi connectivity index (χ4n) is 2.75. The third-order valence-corrected chi connectivity index (χ3v) is 5.78. The van der Waals surface area contributed by atoms with Crippen molar-refractivity contribution in [1.29, 1.82) is 0 Å². The van der Waals surface area contributed by atoms with Gasteiger partial charge in [0.1, 0.15) is 0 Å². The van der Waals surface area contributed by atoms with Crippen LogP contribution < -0.4 is 0 Å². The highest BCUT2D eigenvalue weighted by molar-refractivity contribution is 7.89. The number of hydrogen-bond acceptors (Lipinski definition) is 3. The van der Waals surface area contributed by atoms with E-state index in [9.17, 15) is 13.2 Å². The van der Waals surface area contributed by atoms with Crippen LogP contribution in [0.2, 0.25) is 0 Å². The summed E-state index contributed by atoms with van der Waals surface area (Å²) < 4.78 is 25.9. The molecule has 18 heavy (non-hydrogen) atoms. The lowest BCUT2D eigenvalue weighted by Crippen LogP contribution is -2.53. The molecule has 5 nitrogen and oxygen atoms in total. The molecule has 0 aromatic heterocycles. The van der Waals surface area contributed by atoms with Crippen LogP contribution in [-0.4, -0.2) is 55.0 Å². The molecule has 0 unspecified atom stereocenters. The molecule has 0 N–H and O–H groups in total. The van der Waals surface area contributed by atoms with Crippen molar-refractivity contribution in [2.45, 2.75) is 45.1 Å². The van der Waals surface area contributed by atoms with Gasteiger partial charge in [0.15, 0.2) is 0 Å². The Bertz CT molecular complexity index is 408. The lowest BCUT2D eigenvalue weighted by Gasteiger charge is -2.36. The van der Waals surface area contributed by atoms with E-state index < -0.39 is 10.0 Å². The van der Waals surface area contributed by atoms with Crippen molar-refractivity contribution in [3.05, 3.63) is 0 Å². The van der Waals surface area contributed by atoms with Gasteiger partial charge in [-0.1, -0.05) is 19.8 Å². The molecule has 2 aliphatic heterocycles. The zero-order valence-electron chi connectivity index (χ0n) is 11.0. The Kier molecular flexibility index (Phi) is 4.27. The molecule has 0 saturated carbocycles. The summed E-state index contributed by atoms with van der Waals surface area (Å²) in [5.74, 6) is 0.435. The SMILES string of the molecule is CCCCCS(=O)(=O)N1CCN2C(=O)CC[C@H]2C1. The number of carbonyl (C=O) groups excluding carboxylic acids is 1. The zero-order chi connectivity index (χ0) is 13.2. The van der Waals surface area contributed by atoms with E-state index in [-0.39, 0.29) is 17.7 Å². The van der Waals surface area contributed by atoms with Crippen LogP contribution in [0.3, 0.4) is 0 Å². The lowest BCUT2D eigenvalue weighted by atomic mass is 10.2. The van der Waals surface area contributed by atoms with E-state index in [2.05, 4.69) is 6.92 Å². The quantitative estimate of drug-likeness (QED) is 0.697. The van der Waals surface area contributed by atoms with Crippen LogP contribution in [0.25, 0.3) is 0 Å². The molecular formula is C12H22N2O3S. The molecule has 104 valence electrons. The van der Waals surface area contributed by atoms with Crippen molar-refractivity contribution in [2.75, 3.05) is 25.4 Å². The standard InChI is InChI=1S/C12H22N2O3S/c1-2-3-4-9-18(16,17)13-7-8-14-11(10-13)5-6-12(14)15/h11H,2-10H2,1H3/t11-/m0/s1. The van der Waals surface area contributed by atoms with E-state index >= 15 is 0 Å². The molecule has 2 saturated heterocycles. The Hall–Kier alpha value is -0.620. The Morgan fingerprint density at radius 3 is 2.78 bits per heavy atom. The maximum atomic E-state index is 12.2. The summed E-state index contributed by atoms with van der Waals surface area (Å²) >= 11 is 0. The number of nitrogens with zero attached hydrogens (tertiary/aromatic N) is 2. The molecule has 0 aromatic rings. The highest BCUT2D eigenvalue weighted by Gasteiger charge is 2.38.